The van der Waals surface area contributed by atoms with Gasteiger partial charge in [-0.25, -0.2) is 0 Å². The second kappa shape index (κ2) is 4.79. The van der Waals surface area contributed by atoms with Gasteiger partial charge in [-0.15, -0.1) is 0 Å². The van der Waals surface area contributed by atoms with E-state index in [0.29, 0.717) is 5.54 Å². The normalized spacial score (nSPS) is 39.8. The van der Waals surface area contributed by atoms with Crippen LogP contribution in [0.2, 0.25) is 0 Å². The lowest BCUT2D eigenvalue weighted by Crippen LogP contribution is -2.66. The molecule has 0 aromatic carbocycles. The third-order valence-corrected chi connectivity index (χ3v) is 5.66. The Morgan fingerprint density at radius 2 is 2.00 bits per heavy atom. The van der Waals surface area contributed by atoms with Crippen LogP contribution < -0.4 is 5.32 Å². The fourth-order valence-corrected chi connectivity index (χ4v) is 4.08. The summed E-state index contributed by atoms with van der Waals surface area (Å²) in [5, 5.41) is 3.88. The predicted octanol–water partition coefficient (Wildman–Crippen LogP) is 3.03. The van der Waals surface area contributed by atoms with Crippen LogP contribution in [0, 0.1) is 11.8 Å². The van der Waals surface area contributed by atoms with Crippen LogP contribution in [-0.2, 0) is 0 Å². The number of nitrogens with one attached hydrogen (secondary N) is 1. The van der Waals surface area contributed by atoms with Gasteiger partial charge in [0.1, 0.15) is 0 Å². The fraction of sp³-hybridized carbons (Fsp3) is 1.00. The van der Waals surface area contributed by atoms with Crippen LogP contribution in [0.4, 0.5) is 0 Å². The Hall–Kier alpha value is -0.0800. The van der Waals surface area contributed by atoms with Crippen LogP contribution in [-0.4, -0.2) is 35.6 Å². The predicted molar refractivity (Wildman–Crippen MR) is 76.7 cm³/mol. The van der Waals surface area contributed by atoms with Crippen LogP contribution in [0.3, 0.4) is 0 Å². The summed E-state index contributed by atoms with van der Waals surface area (Å²) >= 11 is 0. The maximum absolute atomic E-state index is 3.88. The monoisotopic (exact) mass is 250 g/mol. The van der Waals surface area contributed by atoms with E-state index in [1.807, 2.05) is 0 Å². The van der Waals surface area contributed by atoms with E-state index < -0.39 is 0 Å². The van der Waals surface area contributed by atoms with Crippen LogP contribution >= 0.6 is 0 Å². The molecule has 0 aromatic heterocycles. The zero-order valence-electron chi connectivity index (χ0n) is 12.4. The van der Waals surface area contributed by atoms with E-state index in [-0.39, 0.29) is 0 Å². The quantitative estimate of drug-likeness (QED) is 0.807. The van der Waals surface area contributed by atoms with Crippen LogP contribution in [0.15, 0.2) is 0 Å². The highest BCUT2D eigenvalue weighted by molar-refractivity contribution is 5.07. The standard InChI is InChI=1S/C16H30N2/c1-4-5-12(2)18-10-15(13-6-7-13)17-11-16(18,3)14-8-9-14/h12-15,17H,4-11H2,1-3H3. The first-order valence-corrected chi connectivity index (χ1v) is 8.15. The minimum absolute atomic E-state index is 0.444. The summed E-state index contributed by atoms with van der Waals surface area (Å²) in [7, 11) is 0. The van der Waals surface area contributed by atoms with Crippen molar-refractivity contribution in [1.29, 1.82) is 0 Å². The van der Waals surface area contributed by atoms with Gasteiger partial charge < -0.3 is 5.32 Å². The molecule has 0 bridgehead atoms. The highest BCUT2D eigenvalue weighted by Gasteiger charge is 2.51. The molecule has 104 valence electrons. The Labute approximate surface area is 113 Å². The van der Waals surface area contributed by atoms with Crippen molar-refractivity contribution in [3.05, 3.63) is 0 Å². The third-order valence-electron chi connectivity index (χ3n) is 5.66. The Balaban J connectivity index is 1.72. The van der Waals surface area contributed by atoms with Crippen molar-refractivity contribution in [3.8, 4) is 0 Å². The molecule has 2 aliphatic carbocycles. The lowest BCUT2D eigenvalue weighted by atomic mass is 9.86. The van der Waals surface area contributed by atoms with E-state index in [1.165, 1.54) is 51.6 Å². The first kappa shape index (κ1) is 12.9. The van der Waals surface area contributed by atoms with Gasteiger partial charge in [0, 0.05) is 30.7 Å². The largest absolute Gasteiger partial charge is 0.311 e. The van der Waals surface area contributed by atoms with E-state index in [0.717, 1.165) is 23.9 Å². The molecule has 3 atom stereocenters. The molecule has 1 aliphatic heterocycles. The molecule has 1 saturated heterocycles. The zero-order chi connectivity index (χ0) is 12.8. The molecule has 3 aliphatic rings. The summed E-state index contributed by atoms with van der Waals surface area (Å²) in [4.78, 5) is 2.88. The summed E-state index contributed by atoms with van der Waals surface area (Å²) in [6.07, 6.45) is 8.53. The van der Waals surface area contributed by atoms with Gasteiger partial charge >= 0.3 is 0 Å². The summed E-state index contributed by atoms with van der Waals surface area (Å²) < 4.78 is 0. The van der Waals surface area contributed by atoms with E-state index in [4.69, 9.17) is 0 Å². The highest BCUT2D eigenvalue weighted by atomic mass is 15.3. The number of nitrogens with zero attached hydrogens (tertiary/aromatic N) is 1. The summed E-state index contributed by atoms with van der Waals surface area (Å²) in [6.45, 7) is 9.84. The molecule has 2 heteroatoms. The van der Waals surface area contributed by atoms with Crippen molar-refractivity contribution in [3.63, 3.8) is 0 Å². The molecule has 0 radical (unpaired) electrons. The number of hydrogen-bond donors (Lipinski definition) is 1. The molecule has 0 amide bonds. The molecule has 3 rings (SSSR count). The van der Waals surface area contributed by atoms with Crippen molar-refractivity contribution >= 4 is 0 Å². The average molecular weight is 250 g/mol. The number of hydrogen-bond acceptors (Lipinski definition) is 2. The maximum atomic E-state index is 3.88. The van der Waals surface area contributed by atoms with Gasteiger partial charge in [0.05, 0.1) is 0 Å². The SMILES string of the molecule is CCCC(C)N1CC(C2CC2)NCC1(C)C1CC1. The fourth-order valence-electron chi connectivity index (χ4n) is 4.08. The lowest BCUT2D eigenvalue weighted by Gasteiger charge is -2.51. The van der Waals surface area contributed by atoms with Crippen LogP contribution in [0.5, 0.6) is 0 Å². The second-order valence-corrected chi connectivity index (χ2v) is 7.25. The van der Waals surface area contributed by atoms with Crippen molar-refractivity contribution in [2.75, 3.05) is 13.1 Å². The molecule has 3 fully saturated rings. The zero-order valence-corrected chi connectivity index (χ0v) is 12.4. The minimum Gasteiger partial charge on any atom is -0.311 e. The Kier molecular flexibility index (Phi) is 3.44. The smallest absolute Gasteiger partial charge is 0.0337 e. The lowest BCUT2D eigenvalue weighted by molar-refractivity contribution is -0.00282. The third kappa shape index (κ3) is 2.34. The van der Waals surface area contributed by atoms with Crippen molar-refractivity contribution in [2.24, 2.45) is 11.8 Å². The Morgan fingerprint density at radius 1 is 1.28 bits per heavy atom. The molecule has 3 unspecified atom stereocenters. The van der Waals surface area contributed by atoms with E-state index in [1.54, 1.807) is 0 Å². The van der Waals surface area contributed by atoms with Crippen LogP contribution in [0.1, 0.15) is 59.3 Å². The first-order chi connectivity index (χ1) is 8.65. The average Bonchev–Trinajstić information content (AvgIpc) is 3.18. The van der Waals surface area contributed by atoms with Gasteiger partial charge in [-0.3, -0.25) is 4.90 Å². The van der Waals surface area contributed by atoms with Gasteiger partial charge in [-0.05, 0) is 57.8 Å². The van der Waals surface area contributed by atoms with Crippen molar-refractivity contribution in [1.82, 2.24) is 10.2 Å². The molecule has 1 N–H and O–H groups in total. The topological polar surface area (TPSA) is 15.3 Å². The molecular formula is C16H30N2. The van der Waals surface area contributed by atoms with Gasteiger partial charge in [-0.1, -0.05) is 13.3 Å². The number of piperazine rings is 1. The van der Waals surface area contributed by atoms with E-state index in [9.17, 15) is 0 Å². The molecule has 2 saturated carbocycles. The van der Waals surface area contributed by atoms with E-state index in [2.05, 4.69) is 31.0 Å². The number of rotatable bonds is 5. The second-order valence-electron chi connectivity index (χ2n) is 7.25. The minimum atomic E-state index is 0.444. The van der Waals surface area contributed by atoms with E-state index >= 15 is 0 Å². The highest BCUT2D eigenvalue weighted by Crippen LogP contribution is 2.46. The molecule has 0 spiro atoms. The van der Waals surface area contributed by atoms with Gasteiger partial charge in [-0.2, -0.15) is 0 Å². The Morgan fingerprint density at radius 3 is 2.56 bits per heavy atom. The molecule has 18 heavy (non-hydrogen) atoms. The summed E-state index contributed by atoms with van der Waals surface area (Å²) in [5.41, 5.74) is 0.444. The molecule has 2 nitrogen and oxygen atoms in total. The summed E-state index contributed by atoms with van der Waals surface area (Å²) in [5.74, 6) is 1.95. The molecule has 0 aromatic rings. The first-order valence-electron chi connectivity index (χ1n) is 8.15. The maximum Gasteiger partial charge on any atom is 0.0337 e. The van der Waals surface area contributed by atoms with Crippen molar-refractivity contribution < 1.29 is 0 Å². The van der Waals surface area contributed by atoms with Crippen LogP contribution in [0.25, 0.3) is 0 Å². The molecule has 1 heterocycles. The van der Waals surface area contributed by atoms with Gasteiger partial charge in [0.25, 0.3) is 0 Å². The summed E-state index contributed by atoms with van der Waals surface area (Å²) in [6, 6.07) is 1.56. The van der Waals surface area contributed by atoms with Gasteiger partial charge in [0.15, 0.2) is 0 Å². The van der Waals surface area contributed by atoms with Crippen molar-refractivity contribution in [2.45, 2.75) is 76.9 Å². The molecular weight excluding hydrogens is 220 g/mol. The van der Waals surface area contributed by atoms with Gasteiger partial charge in [0.2, 0.25) is 0 Å². The Bertz CT molecular complexity index is 295.